The first-order valence-electron chi connectivity index (χ1n) is 9.24. The Balaban J connectivity index is 2.23. The maximum Gasteiger partial charge on any atom is 0.171 e. The van der Waals surface area contributed by atoms with Crippen LogP contribution in [0, 0.1) is 16.7 Å². The molecule has 1 heterocycles. The average Bonchev–Trinajstić information content (AvgIpc) is 2.51. The van der Waals surface area contributed by atoms with E-state index < -0.39 is 34.4 Å². The number of hydrogen-bond acceptors (Lipinski definition) is 5. The second-order valence-corrected chi connectivity index (χ2v) is 9.67. The Morgan fingerprint density at radius 1 is 1.16 bits per heavy atom. The zero-order chi connectivity index (χ0) is 19.1. The molecular weight excluding hydrogens is 320 g/mol. The van der Waals surface area contributed by atoms with Crippen LogP contribution in [0.15, 0.2) is 12.7 Å². The van der Waals surface area contributed by atoms with Crippen molar-refractivity contribution in [3.8, 4) is 0 Å². The SMILES string of the molecule is C=C[C@@]1(C)CC(=O)[C@]2(O)[C@@]3(C)[C@@H](O)CCC(C)(C)[C@@H]3C[C@H](O)[C@@]2(C)O1. The fourth-order valence-corrected chi connectivity index (χ4v) is 6.11. The summed E-state index contributed by atoms with van der Waals surface area (Å²) in [6.07, 6.45) is 1.36. The molecule has 5 nitrogen and oxygen atoms in total. The van der Waals surface area contributed by atoms with E-state index in [4.69, 9.17) is 4.74 Å². The Kier molecular flexibility index (Phi) is 3.92. The Morgan fingerprint density at radius 2 is 1.76 bits per heavy atom. The zero-order valence-electron chi connectivity index (χ0n) is 16.0. The molecule has 5 heteroatoms. The lowest BCUT2D eigenvalue weighted by atomic mass is 9.40. The number of rotatable bonds is 1. The molecular formula is C20H32O5. The van der Waals surface area contributed by atoms with E-state index in [0.717, 1.165) is 6.42 Å². The van der Waals surface area contributed by atoms with Gasteiger partial charge in [-0.05, 0) is 44.4 Å². The van der Waals surface area contributed by atoms with Gasteiger partial charge >= 0.3 is 0 Å². The molecule has 3 aliphatic rings. The molecule has 3 N–H and O–H groups in total. The molecule has 142 valence electrons. The molecule has 0 aromatic carbocycles. The summed E-state index contributed by atoms with van der Waals surface area (Å²) < 4.78 is 6.18. The third-order valence-corrected chi connectivity index (χ3v) is 7.81. The highest BCUT2D eigenvalue weighted by Gasteiger charge is 2.78. The molecule has 1 aliphatic heterocycles. The van der Waals surface area contributed by atoms with Gasteiger partial charge in [0.25, 0.3) is 0 Å². The van der Waals surface area contributed by atoms with Crippen molar-refractivity contribution < 1.29 is 24.9 Å². The van der Waals surface area contributed by atoms with E-state index in [1.165, 1.54) is 0 Å². The van der Waals surface area contributed by atoms with E-state index in [2.05, 4.69) is 20.4 Å². The average molecular weight is 352 g/mol. The lowest BCUT2D eigenvalue weighted by molar-refractivity contribution is -0.349. The van der Waals surface area contributed by atoms with Gasteiger partial charge in [-0.1, -0.05) is 26.8 Å². The van der Waals surface area contributed by atoms with Gasteiger partial charge in [0.05, 0.1) is 17.8 Å². The Bertz CT molecular complexity index is 615. The van der Waals surface area contributed by atoms with Crippen LogP contribution in [0.25, 0.3) is 0 Å². The summed E-state index contributed by atoms with van der Waals surface area (Å²) in [5.41, 5.74) is -5.68. The van der Waals surface area contributed by atoms with Crippen molar-refractivity contribution in [2.24, 2.45) is 16.7 Å². The number of aliphatic hydroxyl groups is 3. The molecule has 1 saturated heterocycles. The monoisotopic (exact) mass is 352 g/mol. The van der Waals surface area contributed by atoms with Crippen molar-refractivity contribution in [3.05, 3.63) is 12.7 Å². The fourth-order valence-electron chi connectivity index (χ4n) is 6.11. The fraction of sp³-hybridized carbons (Fsp3) is 0.850. The number of hydrogen-bond donors (Lipinski definition) is 3. The van der Waals surface area contributed by atoms with E-state index in [1.54, 1.807) is 26.8 Å². The van der Waals surface area contributed by atoms with Crippen LogP contribution in [0.2, 0.25) is 0 Å². The van der Waals surface area contributed by atoms with Crippen molar-refractivity contribution >= 4 is 5.78 Å². The van der Waals surface area contributed by atoms with Crippen molar-refractivity contribution in [3.63, 3.8) is 0 Å². The van der Waals surface area contributed by atoms with Gasteiger partial charge in [0, 0.05) is 11.8 Å². The van der Waals surface area contributed by atoms with Crippen LogP contribution >= 0.6 is 0 Å². The largest absolute Gasteiger partial charge is 0.392 e. The molecule has 0 amide bonds. The molecule has 3 rings (SSSR count). The van der Waals surface area contributed by atoms with Gasteiger partial charge in [0.15, 0.2) is 11.4 Å². The molecule has 0 spiro atoms. The van der Waals surface area contributed by atoms with E-state index in [1.807, 2.05) is 0 Å². The first-order valence-corrected chi connectivity index (χ1v) is 9.24. The molecule has 0 radical (unpaired) electrons. The standard InChI is InChI=1S/C20H32O5/c1-7-17(4)11-15(23)20(24)18(5)12(10-14(22)19(20,6)25-17)16(2,3)9-8-13(18)21/h7,12-14,21-22,24H,1,8-11H2,2-6H3/t12-,13-,14-,17-,18+,19+,20-/m0/s1. The molecule has 0 unspecified atom stereocenters. The smallest absolute Gasteiger partial charge is 0.171 e. The minimum Gasteiger partial charge on any atom is -0.392 e. The maximum atomic E-state index is 13.3. The lowest BCUT2D eigenvalue weighted by Crippen LogP contribution is -2.83. The summed E-state index contributed by atoms with van der Waals surface area (Å²) in [7, 11) is 0. The van der Waals surface area contributed by atoms with Crippen LogP contribution in [0.5, 0.6) is 0 Å². The van der Waals surface area contributed by atoms with E-state index in [-0.39, 0.29) is 23.5 Å². The van der Waals surface area contributed by atoms with Gasteiger partial charge in [0.1, 0.15) is 5.60 Å². The minimum absolute atomic E-state index is 0.0230. The number of carbonyl (C=O) groups excluding carboxylic acids is 1. The highest BCUT2D eigenvalue weighted by molar-refractivity contribution is 5.92. The van der Waals surface area contributed by atoms with Crippen molar-refractivity contribution in [1.82, 2.24) is 0 Å². The van der Waals surface area contributed by atoms with Gasteiger partial charge in [0.2, 0.25) is 0 Å². The van der Waals surface area contributed by atoms with E-state index >= 15 is 0 Å². The topological polar surface area (TPSA) is 87.0 Å². The third kappa shape index (κ3) is 2.07. The number of ketones is 1. The minimum atomic E-state index is -1.96. The Hall–Kier alpha value is -0.750. The number of aliphatic hydroxyl groups excluding tert-OH is 2. The first kappa shape index (κ1) is 19.0. The highest BCUT2D eigenvalue weighted by atomic mass is 16.6. The Morgan fingerprint density at radius 3 is 2.32 bits per heavy atom. The molecule has 0 bridgehead atoms. The van der Waals surface area contributed by atoms with Crippen molar-refractivity contribution in [1.29, 1.82) is 0 Å². The van der Waals surface area contributed by atoms with Gasteiger partial charge in [-0.2, -0.15) is 0 Å². The second kappa shape index (κ2) is 5.16. The molecule has 3 fully saturated rings. The second-order valence-electron chi connectivity index (χ2n) is 9.67. The van der Waals surface area contributed by atoms with E-state index in [0.29, 0.717) is 12.8 Å². The number of fused-ring (bicyclic) bond motifs is 3. The third-order valence-electron chi connectivity index (χ3n) is 7.81. The predicted octanol–water partition coefficient (Wildman–Crippen LogP) is 1.98. The molecule has 0 aromatic rings. The number of Topliss-reactive ketones (excluding diaryl/α,β-unsaturated/α-hetero) is 1. The van der Waals surface area contributed by atoms with Crippen LogP contribution in [0.3, 0.4) is 0 Å². The summed E-state index contributed by atoms with van der Waals surface area (Å²) >= 11 is 0. The summed E-state index contributed by atoms with van der Waals surface area (Å²) in [6, 6.07) is 0. The summed E-state index contributed by atoms with van der Waals surface area (Å²) in [5.74, 6) is -0.580. The summed E-state index contributed by atoms with van der Waals surface area (Å²) in [4.78, 5) is 13.3. The predicted molar refractivity (Wildman–Crippen MR) is 93.9 cm³/mol. The van der Waals surface area contributed by atoms with Crippen molar-refractivity contribution in [2.75, 3.05) is 0 Å². The van der Waals surface area contributed by atoms with Crippen LogP contribution < -0.4 is 0 Å². The van der Waals surface area contributed by atoms with Gasteiger partial charge < -0.3 is 20.1 Å². The molecule has 0 aromatic heterocycles. The van der Waals surface area contributed by atoms with Gasteiger partial charge in [-0.15, -0.1) is 6.58 Å². The lowest BCUT2D eigenvalue weighted by Gasteiger charge is -2.69. The van der Waals surface area contributed by atoms with Crippen LogP contribution in [0.4, 0.5) is 0 Å². The highest BCUT2D eigenvalue weighted by Crippen LogP contribution is 2.66. The van der Waals surface area contributed by atoms with Crippen LogP contribution in [-0.2, 0) is 9.53 Å². The normalized spacial score (nSPS) is 55.2. The molecule has 2 saturated carbocycles. The summed E-state index contributed by atoms with van der Waals surface area (Å²) in [6.45, 7) is 13.1. The molecule has 7 atom stereocenters. The van der Waals surface area contributed by atoms with E-state index in [9.17, 15) is 20.1 Å². The van der Waals surface area contributed by atoms with Gasteiger partial charge in [-0.3, -0.25) is 4.79 Å². The van der Waals surface area contributed by atoms with Gasteiger partial charge in [-0.25, -0.2) is 0 Å². The van der Waals surface area contributed by atoms with Crippen molar-refractivity contribution in [2.45, 2.75) is 89.3 Å². The van der Waals surface area contributed by atoms with Crippen LogP contribution in [-0.4, -0.2) is 50.1 Å². The molecule has 2 aliphatic carbocycles. The summed E-state index contributed by atoms with van der Waals surface area (Å²) in [5, 5.41) is 33.8. The Labute approximate surface area is 150 Å². The zero-order valence-corrected chi connectivity index (χ0v) is 16.0. The number of carbonyl (C=O) groups is 1. The maximum absolute atomic E-state index is 13.3. The number of ether oxygens (including phenoxy) is 1. The first-order chi connectivity index (χ1) is 11.3. The quantitative estimate of drug-likeness (QED) is 0.628. The molecule has 25 heavy (non-hydrogen) atoms. The van der Waals surface area contributed by atoms with Crippen LogP contribution in [0.1, 0.15) is 60.3 Å².